The Bertz CT molecular complexity index is 527. The minimum Gasteiger partial charge on any atom is -0.497 e. The monoisotopic (exact) mass is 246 g/mol. The van der Waals surface area contributed by atoms with Gasteiger partial charge in [0.2, 0.25) is 5.91 Å². The molecule has 1 fully saturated rings. The van der Waals surface area contributed by atoms with E-state index in [2.05, 4.69) is 5.32 Å². The zero-order chi connectivity index (χ0) is 12.7. The molecule has 0 saturated carbocycles. The van der Waals surface area contributed by atoms with E-state index in [1.54, 1.807) is 30.2 Å². The van der Waals surface area contributed by atoms with Crippen molar-refractivity contribution in [1.82, 2.24) is 4.90 Å². The molecule has 1 atom stereocenters. The first-order valence-corrected chi connectivity index (χ1v) is 6.00. The van der Waals surface area contributed by atoms with Crippen LogP contribution in [0.4, 0.5) is 5.69 Å². The van der Waals surface area contributed by atoms with Gasteiger partial charge in [-0.3, -0.25) is 9.59 Å². The molecule has 1 N–H and O–H groups in total. The standard InChI is InChI=1S/C13H14N2O3/c1-18-8-4-5-9-10(7-8)14-12(16)11-3-2-6-15(11)13(9)17/h4-5,7,11H,2-3,6H2,1H3,(H,14,16)/t11-/m0/s1. The van der Waals surface area contributed by atoms with E-state index in [-0.39, 0.29) is 17.9 Å². The lowest BCUT2D eigenvalue weighted by Crippen LogP contribution is -2.40. The fraction of sp³-hybridized carbons (Fsp3) is 0.385. The van der Waals surface area contributed by atoms with Gasteiger partial charge in [0.25, 0.3) is 5.91 Å². The molecule has 0 radical (unpaired) electrons. The molecule has 1 aromatic rings. The number of hydrogen-bond acceptors (Lipinski definition) is 3. The lowest BCUT2D eigenvalue weighted by atomic mass is 10.1. The van der Waals surface area contributed by atoms with E-state index < -0.39 is 0 Å². The lowest BCUT2D eigenvalue weighted by molar-refractivity contribution is -0.119. The number of nitrogens with zero attached hydrogens (tertiary/aromatic N) is 1. The second kappa shape index (κ2) is 4.01. The average molecular weight is 246 g/mol. The molecule has 18 heavy (non-hydrogen) atoms. The maximum absolute atomic E-state index is 12.4. The summed E-state index contributed by atoms with van der Waals surface area (Å²) in [6, 6.07) is 4.81. The van der Waals surface area contributed by atoms with Gasteiger partial charge in [0.05, 0.1) is 18.4 Å². The Hall–Kier alpha value is -2.04. The summed E-state index contributed by atoms with van der Waals surface area (Å²) in [4.78, 5) is 26.1. The minimum absolute atomic E-state index is 0.0755. The van der Waals surface area contributed by atoms with Crippen LogP contribution in [-0.4, -0.2) is 36.4 Å². The quantitative estimate of drug-likeness (QED) is 0.811. The number of methoxy groups -OCH3 is 1. The first-order valence-electron chi connectivity index (χ1n) is 6.00. The first-order chi connectivity index (χ1) is 8.70. The van der Waals surface area contributed by atoms with Crippen LogP contribution in [-0.2, 0) is 4.79 Å². The number of carbonyl (C=O) groups is 2. The highest BCUT2D eigenvalue weighted by Crippen LogP contribution is 2.30. The fourth-order valence-corrected chi connectivity index (χ4v) is 2.59. The predicted molar refractivity (Wildman–Crippen MR) is 65.7 cm³/mol. The van der Waals surface area contributed by atoms with Crippen molar-refractivity contribution in [3.63, 3.8) is 0 Å². The van der Waals surface area contributed by atoms with Gasteiger partial charge in [0.15, 0.2) is 0 Å². The number of rotatable bonds is 1. The Morgan fingerprint density at radius 2 is 2.22 bits per heavy atom. The molecule has 1 saturated heterocycles. The van der Waals surface area contributed by atoms with Gasteiger partial charge in [-0.2, -0.15) is 0 Å². The molecule has 94 valence electrons. The van der Waals surface area contributed by atoms with Crippen molar-refractivity contribution in [2.75, 3.05) is 19.0 Å². The average Bonchev–Trinajstić information content (AvgIpc) is 2.83. The van der Waals surface area contributed by atoms with Crippen LogP contribution in [0, 0.1) is 0 Å². The van der Waals surface area contributed by atoms with E-state index in [1.807, 2.05) is 0 Å². The highest BCUT2D eigenvalue weighted by molar-refractivity contribution is 6.10. The zero-order valence-electron chi connectivity index (χ0n) is 10.1. The van der Waals surface area contributed by atoms with Crippen LogP contribution in [0.2, 0.25) is 0 Å². The topological polar surface area (TPSA) is 58.6 Å². The molecule has 5 nitrogen and oxygen atoms in total. The van der Waals surface area contributed by atoms with Gasteiger partial charge < -0.3 is 15.0 Å². The molecule has 5 heteroatoms. The van der Waals surface area contributed by atoms with Crippen LogP contribution in [0.25, 0.3) is 0 Å². The Morgan fingerprint density at radius 1 is 1.39 bits per heavy atom. The molecule has 0 bridgehead atoms. The van der Waals surface area contributed by atoms with Gasteiger partial charge in [-0.25, -0.2) is 0 Å². The Labute approximate surface area is 105 Å². The number of nitrogens with one attached hydrogen (secondary N) is 1. The SMILES string of the molecule is COc1ccc2c(c1)NC(=O)[C@@H]1CCCN1C2=O. The number of benzene rings is 1. The molecular weight excluding hydrogens is 232 g/mol. The highest BCUT2D eigenvalue weighted by Gasteiger charge is 2.38. The van der Waals surface area contributed by atoms with Crippen molar-refractivity contribution >= 4 is 17.5 Å². The van der Waals surface area contributed by atoms with Crippen molar-refractivity contribution in [3.8, 4) is 5.75 Å². The van der Waals surface area contributed by atoms with Crippen molar-refractivity contribution in [2.45, 2.75) is 18.9 Å². The fourth-order valence-electron chi connectivity index (χ4n) is 2.59. The molecule has 1 aromatic carbocycles. The normalized spacial score (nSPS) is 22.1. The Kier molecular flexibility index (Phi) is 2.47. The molecule has 0 aliphatic carbocycles. The summed E-state index contributed by atoms with van der Waals surface area (Å²) in [6.07, 6.45) is 1.62. The van der Waals surface area contributed by atoms with Crippen molar-refractivity contribution in [1.29, 1.82) is 0 Å². The number of carbonyl (C=O) groups excluding carboxylic acids is 2. The summed E-state index contributed by atoms with van der Waals surface area (Å²) in [5.41, 5.74) is 1.08. The number of anilines is 1. The molecule has 0 aromatic heterocycles. The molecular formula is C13H14N2O3. The van der Waals surface area contributed by atoms with Crippen molar-refractivity contribution in [2.24, 2.45) is 0 Å². The van der Waals surface area contributed by atoms with Crippen molar-refractivity contribution in [3.05, 3.63) is 23.8 Å². The lowest BCUT2D eigenvalue weighted by Gasteiger charge is -2.19. The number of amides is 2. The summed E-state index contributed by atoms with van der Waals surface area (Å²) >= 11 is 0. The third-order valence-electron chi connectivity index (χ3n) is 3.53. The number of fused-ring (bicyclic) bond motifs is 2. The van der Waals surface area contributed by atoms with Gasteiger partial charge in [-0.15, -0.1) is 0 Å². The maximum atomic E-state index is 12.4. The number of hydrogen-bond donors (Lipinski definition) is 1. The van der Waals surface area contributed by atoms with Crippen LogP contribution >= 0.6 is 0 Å². The molecule has 0 unspecified atom stereocenters. The van der Waals surface area contributed by atoms with Gasteiger partial charge in [-0.1, -0.05) is 0 Å². The van der Waals surface area contributed by atoms with Crippen LogP contribution in [0.1, 0.15) is 23.2 Å². The van der Waals surface area contributed by atoms with E-state index in [0.29, 0.717) is 23.5 Å². The highest BCUT2D eigenvalue weighted by atomic mass is 16.5. The van der Waals surface area contributed by atoms with Gasteiger partial charge in [0, 0.05) is 12.6 Å². The summed E-state index contributed by atoms with van der Waals surface area (Å²) in [5.74, 6) is 0.449. The zero-order valence-corrected chi connectivity index (χ0v) is 10.1. The van der Waals surface area contributed by atoms with E-state index in [0.717, 1.165) is 12.8 Å². The van der Waals surface area contributed by atoms with Crippen LogP contribution in [0.3, 0.4) is 0 Å². The van der Waals surface area contributed by atoms with Crippen LogP contribution in [0.15, 0.2) is 18.2 Å². The minimum atomic E-state index is -0.323. The predicted octanol–water partition coefficient (Wildman–Crippen LogP) is 1.25. The third kappa shape index (κ3) is 1.54. The van der Waals surface area contributed by atoms with Gasteiger partial charge in [-0.05, 0) is 25.0 Å². The third-order valence-corrected chi connectivity index (χ3v) is 3.53. The summed E-state index contributed by atoms with van der Waals surface area (Å²) in [5, 5.41) is 2.82. The molecule has 0 spiro atoms. The van der Waals surface area contributed by atoms with E-state index in [9.17, 15) is 9.59 Å². The Balaban J connectivity index is 2.08. The first kappa shape index (κ1) is 11.1. The molecule has 2 heterocycles. The summed E-state index contributed by atoms with van der Waals surface area (Å²) in [7, 11) is 1.56. The van der Waals surface area contributed by atoms with E-state index in [1.165, 1.54) is 0 Å². The smallest absolute Gasteiger partial charge is 0.256 e. The molecule has 2 amide bonds. The number of ether oxygens (including phenoxy) is 1. The maximum Gasteiger partial charge on any atom is 0.256 e. The molecule has 2 aliphatic heterocycles. The van der Waals surface area contributed by atoms with Crippen LogP contribution < -0.4 is 10.1 Å². The van der Waals surface area contributed by atoms with E-state index >= 15 is 0 Å². The molecule has 2 aliphatic rings. The second-order valence-corrected chi connectivity index (χ2v) is 4.56. The van der Waals surface area contributed by atoms with Crippen molar-refractivity contribution < 1.29 is 14.3 Å². The van der Waals surface area contributed by atoms with Gasteiger partial charge >= 0.3 is 0 Å². The molecule has 3 rings (SSSR count). The largest absolute Gasteiger partial charge is 0.497 e. The Morgan fingerprint density at radius 3 is 3.00 bits per heavy atom. The van der Waals surface area contributed by atoms with E-state index in [4.69, 9.17) is 4.74 Å². The summed E-state index contributed by atoms with van der Waals surface area (Å²) in [6.45, 7) is 0.655. The second-order valence-electron chi connectivity index (χ2n) is 4.56. The van der Waals surface area contributed by atoms with Gasteiger partial charge in [0.1, 0.15) is 11.8 Å². The summed E-state index contributed by atoms with van der Waals surface area (Å²) < 4.78 is 5.11. The van der Waals surface area contributed by atoms with Crippen LogP contribution in [0.5, 0.6) is 5.75 Å².